The van der Waals surface area contributed by atoms with Gasteiger partial charge in [0.15, 0.2) is 11.5 Å². The number of carbonyl (C=O) groups is 2. The first kappa shape index (κ1) is 25.0. The fourth-order valence-corrected chi connectivity index (χ4v) is 3.55. The maximum Gasteiger partial charge on any atom is 0.262 e. The SMILES string of the molecule is COc1cc(Br)c(/C=N\NC(=O)C(NC(=O)c2ccc(Cl)cc2Cl)C(C)C)cc1OC. The predicted molar refractivity (Wildman–Crippen MR) is 126 cm³/mol. The van der Waals surface area contributed by atoms with Crippen molar-refractivity contribution in [3.8, 4) is 11.5 Å². The number of carbonyl (C=O) groups excluding carboxylic acids is 2. The standard InChI is InChI=1S/C21H22BrCl2N3O4/c1-11(2)19(26-20(28)14-6-5-13(23)8-16(14)24)21(29)27-25-10-12-7-17(30-3)18(31-4)9-15(12)22/h5-11,19H,1-4H3,(H,26,28)(H,27,29)/b25-10-. The summed E-state index contributed by atoms with van der Waals surface area (Å²) in [7, 11) is 3.06. The van der Waals surface area contributed by atoms with E-state index in [2.05, 4.69) is 31.8 Å². The molecule has 0 aliphatic rings. The van der Waals surface area contributed by atoms with Crippen LogP contribution in [0.5, 0.6) is 11.5 Å². The second-order valence-electron chi connectivity index (χ2n) is 6.78. The molecule has 0 aliphatic carbocycles. The van der Waals surface area contributed by atoms with Gasteiger partial charge >= 0.3 is 0 Å². The van der Waals surface area contributed by atoms with Crippen LogP contribution >= 0.6 is 39.1 Å². The Balaban J connectivity index is 2.12. The molecule has 0 fully saturated rings. The molecule has 2 rings (SSSR count). The quantitative estimate of drug-likeness (QED) is 0.383. The van der Waals surface area contributed by atoms with Gasteiger partial charge in [-0.05, 0) is 52.2 Å². The monoisotopic (exact) mass is 529 g/mol. The molecule has 2 aromatic carbocycles. The number of nitrogens with one attached hydrogen (secondary N) is 2. The highest BCUT2D eigenvalue weighted by atomic mass is 79.9. The van der Waals surface area contributed by atoms with E-state index in [4.69, 9.17) is 32.7 Å². The Morgan fingerprint density at radius 3 is 2.32 bits per heavy atom. The van der Waals surface area contributed by atoms with Crippen LogP contribution in [0.3, 0.4) is 0 Å². The van der Waals surface area contributed by atoms with Gasteiger partial charge in [-0.25, -0.2) is 5.43 Å². The van der Waals surface area contributed by atoms with Gasteiger partial charge in [0, 0.05) is 15.1 Å². The van der Waals surface area contributed by atoms with E-state index in [1.54, 1.807) is 18.2 Å². The van der Waals surface area contributed by atoms with Gasteiger partial charge in [0.1, 0.15) is 6.04 Å². The smallest absolute Gasteiger partial charge is 0.262 e. The van der Waals surface area contributed by atoms with Crippen LogP contribution in [-0.2, 0) is 4.79 Å². The Kier molecular flexibility index (Phi) is 9.15. The third-order valence-corrected chi connectivity index (χ3v) is 5.53. The number of hydrogen-bond acceptors (Lipinski definition) is 5. The highest BCUT2D eigenvalue weighted by Crippen LogP contribution is 2.32. The largest absolute Gasteiger partial charge is 0.493 e. The highest BCUT2D eigenvalue weighted by molar-refractivity contribution is 9.10. The number of methoxy groups -OCH3 is 2. The lowest BCUT2D eigenvalue weighted by Crippen LogP contribution is -2.48. The second-order valence-corrected chi connectivity index (χ2v) is 8.48. The summed E-state index contributed by atoms with van der Waals surface area (Å²) < 4.78 is 11.2. The molecule has 0 aliphatic heterocycles. The fraction of sp³-hybridized carbons (Fsp3) is 0.286. The molecule has 0 spiro atoms. The summed E-state index contributed by atoms with van der Waals surface area (Å²) in [5, 5.41) is 7.30. The van der Waals surface area contributed by atoms with Crippen molar-refractivity contribution in [3.63, 3.8) is 0 Å². The van der Waals surface area contributed by atoms with Crippen LogP contribution in [0.15, 0.2) is 39.9 Å². The number of ether oxygens (including phenoxy) is 2. The van der Waals surface area contributed by atoms with E-state index in [-0.39, 0.29) is 16.5 Å². The molecule has 0 bridgehead atoms. The van der Waals surface area contributed by atoms with Crippen LogP contribution in [0, 0.1) is 5.92 Å². The summed E-state index contributed by atoms with van der Waals surface area (Å²) in [6, 6.07) is 7.14. The van der Waals surface area contributed by atoms with Crippen molar-refractivity contribution in [2.45, 2.75) is 19.9 Å². The number of hydrazone groups is 1. The Bertz CT molecular complexity index is 999. The zero-order chi connectivity index (χ0) is 23.1. The van der Waals surface area contributed by atoms with E-state index in [1.807, 2.05) is 13.8 Å². The van der Waals surface area contributed by atoms with Gasteiger partial charge in [0.2, 0.25) is 0 Å². The van der Waals surface area contributed by atoms with Gasteiger partial charge < -0.3 is 14.8 Å². The van der Waals surface area contributed by atoms with Gasteiger partial charge in [-0.1, -0.05) is 37.0 Å². The van der Waals surface area contributed by atoms with Crippen molar-refractivity contribution in [3.05, 3.63) is 56.0 Å². The molecule has 7 nitrogen and oxygen atoms in total. The summed E-state index contributed by atoms with van der Waals surface area (Å²) in [4.78, 5) is 25.2. The van der Waals surface area contributed by atoms with E-state index in [0.29, 0.717) is 26.6 Å². The fourth-order valence-electron chi connectivity index (χ4n) is 2.63. The summed E-state index contributed by atoms with van der Waals surface area (Å²) in [5.74, 6) is -0.0777. The zero-order valence-corrected chi connectivity index (χ0v) is 20.4. The van der Waals surface area contributed by atoms with Gasteiger partial charge in [0.05, 0.1) is 31.0 Å². The van der Waals surface area contributed by atoms with Crippen LogP contribution in [0.4, 0.5) is 0 Å². The third kappa shape index (κ3) is 6.59. The van der Waals surface area contributed by atoms with E-state index in [1.165, 1.54) is 32.6 Å². The molecule has 0 heterocycles. The molecule has 31 heavy (non-hydrogen) atoms. The molecule has 1 unspecified atom stereocenters. The molecular formula is C21H22BrCl2N3O4. The number of amides is 2. The van der Waals surface area contributed by atoms with E-state index < -0.39 is 17.9 Å². The minimum atomic E-state index is -0.828. The highest BCUT2D eigenvalue weighted by Gasteiger charge is 2.25. The third-order valence-electron chi connectivity index (χ3n) is 4.29. The van der Waals surface area contributed by atoms with Crippen LogP contribution < -0.4 is 20.2 Å². The van der Waals surface area contributed by atoms with E-state index in [9.17, 15) is 9.59 Å². The van der Waals surface area contributed by atoms with Crippen molar-refractivity contribution in [1.29, 1.82) is 0 Å². The Hall–Kier alpha value is -2.29. The number of hydrogen-bond donors (Lipinski definition) is 2. The molecule has 2 amide bonds. The number of nitrogens with zero attached hydrogens (tertiary/aromatic N) is 1. The molecule has 0 saturated heterocycles. The van der Waals surface area contributed by atoms with Crippen molar-refractivity contribution in [1.82, 2.24) is 10.7 Å². The summed E-state index contributed by atoms with van der Waals surface area (Å²) >= 11 is 15.4. The van der Waals surface area contributed by atoms with E-state index in [0.717, 1.165) is 0 Å². The number of halogens is 3. The molecule has 2 N–H and O–H groups in total. The van der Waals surface area contributed by atoms with Gasteiger partial charge in [-0.2, -0.15) is 5.10 Å². The molecule has 2 aromatic rings. The average molecular weight is 531 g/mol. The molecule has 0 radical (unpaired) electrons. The Morgan fingerprint density at radius 2 is 1.74 bits per heavy atom. The molecule has 0 saturated carbocycles. The zero-order valence-electron chi connectivity index (χ0n) is 17.3. The summed E-state index contributed by atoms with van der Waals surface area (Å²) in [6.07, 6.45) is 1.46. The minimum Gasteiger partial charge on any atom is -0.493 e. The van der Waals surface area contributed by atoms with Gasteiger partial charge in [0.25, 0.3) is 11.8 Å². The molecular weight excluding hydrogens is 509 g/mol. The van der Waals surface area contributed by atoms with Crippen molar-refractivity contribution >= 4 is 57.2 Å². The van der Waals surface area contributed by atoms with Crippen LogP contribution in [0.2, 0.25) is 10.0 Å². The minimum absolute atomic E-state index is 0.196. The first-order valence-electron chi connectivity index (χ1n) is 9.18. The Labute approximate surface area is 199 Å². The molecule has 1 atom stereocenters. The van der Waals surface area contributed by atoms with E-state index >= 15 is 0 Å². The molecule has 10 heteroatoms. The lowest BCUT2D eigenvalue weighted by molar-refractivity contribution is -0.123. The average Bonchev–Trinajstić information content (AvgIpc) is 2.72. The lowest BCUT2D eigenvalue weighted by atomic mass is 10.0. The van der Waals surface area contributed by atoms with Gasteiger partial charge in [-0.15, -0.1) is 0 Å². The second kappa shape index (κ2) is 11.4. The predicted octanol–water partition coefficient (Wildman–Crippen LogP) is 4.68. The van der Waals surface area contributed by atoms with Crippen LogP contribution in [0.1, 0.15) is 29.8 Å². The Morgan fingerprint density at radius 1 is 1.10 bits per heavy atom. The maximum atomic E-state index is 12.6. The summed E-state index contributed by atoms with van der Waals surface area (Å²) in [5.41, 5.74) is 3.34. The first-order chi connectivity index (χ1) is 14.7. The number of rotatable bonds is 8. The summed E-state index contributed by atoms with van der Waals surface area (Å²) in [6.45, 7) is 3.62. The lowest BCUT2D eigenvalue weighted by Gasteiger charge is -2.20. The first-order valence-corrected chi connectivity index (χ1v) is 10.7. The topological polar surface area (TPSA) is 89.0 Å². The van der Waals surface area contributed by atoms with Crippen LogP contribution in [0.25, 0.3) is 0 Å². The van der Waals surface area contributed by atoms with Crippen molar-refractivity contribution < 1.29 is 19.1 Å². The molecule has 166 valence electrons. The van der Waals surface area contributed by atoms with Crippen molar-refractivity contribution in [2.24, 2.45) is 11.0 Å². The van der Waals surface area contributed by atoms with Crippen LogP contribution in [-0.4, -0.2) is 38.3 Å². The van der Waals surface area contributed by atoms with Crippen molar-refractivity contribution in [2.75, 3.05) is 14.2 Å². The molecule has 0 aromatic heterocycles. The maximum absolute atomic E-state index is 12.6. The van der Waals surface area contributed by atoms with Gasteiger partial charge in [-0.3, -0.25) is 9.59 Å². The number of benzene rings is 2. The normalized spacial score (nSPS) is 12.0.